The third kappa shape index (κ3) is 8.59. The van der Waals surface area contributed by atoms with Crippen molar-refractivity contribution >= 4 is 11.6 Å². The number of hydrogen-bond donors (Lipinski definition) is 0. The highest BCUT2D eigenvalue weighted by Crippen LogP contribution is 2.26. The van der Waals surface area contributed by atoms with Crippen molar-refractivity contribution in [1.82, 2.24) is 0 Å². The van der Waals surface area contributed by atoms with Gasteiger partial charge in [0, 0.05) is 11.1 Å². The zero-order valence-electron chi connectivity index (χ0n) is 19.2. The van der Waals surface area contributed by atoms with E-state index in [0.717, 1.165) is 0 Å². The van der Waals surface area contributed by atoms with Gasteiger partial charge in [-0.25, -0.2) is 0 Å². The van der Waals surface area contributed by atoms with Gasteiger partial charge in [0.05, 0.1) is 14.2 Å². The molecule has 0 aromatic heterocycles. The molecule has 0 saturated heterocycles. The predicted octanol–water partition coefficient (Wildman–Crippen LogP) is 6.32. The Morgan fingerprint density at radius 3 is 1.59 bits per heavy atom. The maximum absolute atomic E-state index is 11.8. The lowest BCUT2D eigenvalue weighted by atomic mass is 9.91. The van der Waals surface area contributed by atoms with Gasteiger partial charge in [-0.15, -0.1) is 0 Å². The lowest BCUT2D eigenvalue weighted by Gasteiger charge is -2.19. The Hall–Kier alpha value is -1.84. The van der Waals surface area contributed by atoms with Crippen molar-refractivity contribution in [3.63, 3.8) is 0 Å². The molecule has 0 aromatic carbocycles. The molecule has 0 radical (unpaired) electrons. The average Bonchev–Trinajstić information content (AvgIpc) is 2.65. The summed E-state index contributed by atoms with van der Waals surface area (Å²) in [6.45, 7) is 16.6. The average molecular weight is 381 g/mol. The summed E-state index contributed by atoms with van der Waals surface area (Å²) >= 11 is 0. The second-order valence-corrected chi connectivity index (χ2v) is 6.55. The van der Waals surface area contributed by atoms with Gasteiger partial charge in [0.25, 0.3) is 0 Å². The first kappa shape index (κ1) is 27.4. The van der Waals surface area contributed by atoms with Crippen molar-refractivity contribution < 1.29 is 19.1 Å². The molecule has 4 heteroatoms. The van der Waals surface area contributed by atoms with Gasteiger partial charge >= 0.3 is 0 Å². The van der Waals surface area contributed by atoms with Gasteiger partial charge in [-0.05, 0) is 40.0 Å². The molecule has 1 aliphatic carbocycles. The fourth-order valence-electron chi connectivity index (χ4n) is 2.51. The second kappa shape index (κ2) is 15.2. The van der Waals surface area contributed by atoms with Crippen molar-refractivity contribution in [1.29, 1.82) is 0 Å². The van der Waals surface area contributed by atoms with Gasteiger partial charge in [-0.2, -0.15) is 0 Å². The maximum atomic E-state index is 11.8. The molecule has 4 nitrogen and oxygen atoms in total. The molecule has 1 aliphatic rings. The van der Waals surface area contributed by atoms with E-state index in [0.29, 0.717) is 17.6 Å². The highest BCUT2D eigenvalue weighted by atomic mass is 16.5. The van der Waals surface area contributed by atoms with Crippen LogP contribution < -0.4 is 0 Å². The van der Waals surface area contributed by atoms with Crippen LogP contribution >= 0.6 is 0 Å². The van der Waals surface area contributed by atoms with Crippen LogP contribution in [0, 0.1) is 0 Å². The largest absolute Gasteiger partial charge is 0.489 e. The molecule has 0 bridgehead atoms. The number of ketones is 2. The van der Waals surface area contributed by atoms with Crippen LogP contribution in [0.25, 0.3) is 0 Å². The summed E-state index contributed by atoms with van der Waals surface area (Å²) in [4.78, 5) is 23.6. The Balaban J connectivity index is 0. The van der Waals surface area contributed by atoms with Gasteiger partial charge in [-0.3, -0.25) is 9.59 Å². The van der Waals surface area contributed by atoms with Crippen LogP contribution in [0.15, 0.2) is 33.8 Å². The topological polar surface area (TPSA) is 52.6 Å². The van der Waals surface area contributed by atoms with Crippen LogP contribution in [0.2, 0.25) is 0 Å². The quantitative estimate of drug-likeness (QED) is 0.400. The molecule has 0 aromatic rings. The van der Waals surface area contributed by atoms with Crippen molar-refractivity contribution in [2.45, 2.75) is 87.5 Å². The first-order valence-corrected chi connectivity index (χ1v) is 9.98. The SMILES string of the molecule is CCC.CCC/C(C)=C(\C)CC.CCC1=C(C)C(=O)C(OC)=C(OC)C1=O. The minimum Gasteiger partial charge on any atom is -0.489 e. The van der Waals surface area contributed by atoms with Crippen molar-refractivity contribution in [2.75, 3.05) is 14.2 Å². The van der Waals surface area contributed by atoms with Gasteiger partial charge in [0.2, 0.25) is 23.1 Å². The Bertz CT molecular complexity index is 577. The molecular formula is C23H40O4. The standard InChI is InChI=1S/C11H14O4.C9H18.C3H8/c1-5-7-6(2)8(12)10(14-3)11(15-4)9(7)13;1-5-7-9(4)8(3)6-2;1-3-2/h5H2,1-4H3;5-7H2,1-4H3;3H2,1-2H3/b;9-8+;. The summed E-state index contributed by atoms with van der Waals surface area (Å²) in [5.41, 5.74) is 4.09. The normalized spacial score (nSPS) is 14.7. The lowest BCUT2D eigenvalue weighted by molar-refractivity contribution is -0.121. The number of hydrogen-bond acceptors (Lipinski definition) is 4. The molecule has 0 unspecified atom stereocenters. The van der Waals surface area contributed by atoms with Gasteiger partial charge in [0.15, 0.2) is 0 Å². The minimum atomic E-state index is -0.272. The van der Waals surface area contributed by atoms with E-state index < -0.39 is 0 Å². The molecule has 0 amide bonds. The molecule has 0 aliphatic heterocycles. The number of allylic oxidation sites excluding steroid dienone is 4. The van der Waals surface area contributed by atoms with E-state index in [4.69, 9.17) is 9.47 Å². The molecule has 1 rings (SSSR count). The summed E-state index contributed by atoms with van der Waals surface area (Å²) < 4.78 is 9.80. The monoisotopic (exact) mass is 380 g/mol. The lowest BCUT2D eigenvalue weighted by Crippen LogP contribution is -2.24. The minimum absolute atomic E-state index is 0.00259. The highest BCUT2D eigenvalue weighted by Gasteiger charge is 2.33. The number of carbonyl (C=O) groups is 2. The van der Waals surface area contributed by atoms with E-state index in [2.05, 4.69) is 41.5 Å². The summed E-state index contributed by atoms with van der Waals surface area (Å²) in [5, 5.41) is 0. The number of carbonyl (C=O) groups excluding carboxylic acids is 2. The fourth-order valence-corrected chi connectivity index (χ4v) is 2.51. The summed E-state index contributed by atoms with van der Waals surface area (Å²) in [6, 6.07) is 0. The molecule has 0 saturated carbocycles. The summed E-state index contributed by atoms with van der Waals surface area (Å²) in [5.74, 6) is -0.526. The van der Waals surface area contributed by atoms with E-state index in [1.54, 1.807) is 18.1 Å². The number of methoxy groups -OCH3 is 2. The Labute approximate surface area is 166 Å². The Morgan fingerprint density at radius 2 is 1.26 bits per heavy atom. The van der Waals surface area contributed by atoms with Crippen LogP contribution in [0.4, 0.5) is 0 Å². The molecule has 27 heavy (non-hydrogen) atoms. The van der Waals surface area contributed by atoms with Crippen LogP contribution in [-0.4, -0.2) is 25.8 Å². The molecule has 156 valence electrons. The van der Waals surface area contributed by atoms with E-state index >= 15 is 0 Å². The first-order valence-electron chi connectivity index (χ1n) is 9.98. The number of rotatable bonds is 6. The van der Waals surface area contributed by atoms with Crippen molar-refractivity contribution in [3.8, 4) is 0 Å². The van der Waals surface area contributed by atoms with Crippen molar-refractivity contribution in [2.24, 2.45) is 0 Å². The zero-order valence-corrected chi connectivity index (χ0v) is 19.2. The zero-order chi connectivity index (χ0) is 21.6. The van der Waals surface area contributed by atoms with Crippen LogP contribution in [0.5, 0.6) is 0 Å². The third-order valence-electron chi connectivity index (χ3n) is 4.33. The molecule has 0 fully saturated rings. The van der Waals surface area contributed by atoms with E-state index in [1.165, 1.54) is 39.9 Å². The van der Waals surface area contributed by atoms with Crippen LogP contribution in [-0.2, 0) is 19.1 Å². The number of ether oxygens (including phenoxy) is 2. The van der Waals surface area contributed by atoms with Gasteiger partial charge < -0.3 is 9.47 Å². The molecule has 0 N–H and O–H groups in total. The Kier molecular flexibility index (Phi) is 15.5. The molecular weight excluding hydrogens is 340 g/mol. The van der Waals surface area contributed by atoms with E-state index in [-0.39, 0.29) is 23.1 Å². The predicted molar refractivity (Wildman–Crippen MR) is 114 cm³/mol. The molecule has 0 atom stereocenters. The molecule has 0 heterocycles. The maximum Gasteiger partial charge on any atom is 0.227 e. The van der Waals surface area contributed by atoms with E-state index in [1.807, 2.05) is 6.92 Å². The second-order valence-electron chi connectivity index (χ2n) is 6.55. The fraction of sp³-hybridized carbons (Fsp3) is 0.652. The van der Waals surface area contributed by atoms with Gasteiger partial charge in [-0.1, -0.05) is 58.6 Å². The highest BCUT2D eigenvalue weighted by molar-refractivity contribution is 6.23. The first-order chi connectivity index (χ1) is 12.7. The summed E-state index contributed by atoms with van der Waals surface area (Å²) in [7, 11) is 2.71. The smallest absolute Gasteiger partial charge is 0.227 e. The Morgan fingerprint density at radius 1 is 0.815 bits per heavy atom. The van der Waals surface area contributed by atoms with Gasteiger partial charge in [0.1, 0.15) is 0 Å². The van der Waals surface area contributed by atoms with Crippen molar-refractivity contribution in [3.05, 3.63) is 33.8 Å². The number of Topliss-reactive ketones (excluding diaryl/α,β-unsaturated/α-hetero) is 2. The molecule has 0 spiro atoms. The summed E-state index contributed by atoms with van der Waals surface area (Å²) in [6.07, 6.45) is 5.54. The van der Waals surface area contributed by atoms with Crippen LogP contribution in [0.1, 0.15) is 87.5 Å². The third-order valence-corrected chi connectivity index (χ3v) is 4.33. The van der Waals surface area contributed by atoms with E-state index in [9.17, 15) is 9.59 Å². The van der Waals surface area contributed by atoms with Crippen LogP contribution in [0.3, 0.4) is 0 Å².